The summed E-state index contributed by atoms with van der Waals surface area (Å²) in [6, 6.07) is 15.2. The van der Waals surface area contributed by atoms with Crippen molar-refractivity contribution >= 4 is 11.8 Å². The first kappa shape index (κ1) is 20.5. The zero-order valence-electron chi connectivity index (χ0n) is 16.3. The molecular formula is C22H28N2O3. The molecule has 0 aliphatic carbocycles. The van der Waals surface area contributed by atoms with Crippen molar-refractivity contribution in [2.24, 2.45) is 0 Å². The molecule has 5 nitrogen and oxygen atoms in total. The normalized spacial score (nSPS) is 10.3. The SMILES string of the molecule is CCOc1ccccc1C(=O)NCCCC(=O)N(C)Cc1ccccc1C. The molecule has 0 aliphatic heterocycles. The molecule has 5 heteroatoms. The van der Waals surface area contributed by atoms with Crippen LogP contribution in [0.4, 0.5) is 0 Å². The number of aryl methyl sites for hydroxylation is 1. The highest BCUT2D eigenvalue weighted by Crippen LogP contribution is 2.17. The third-order valence-corrected chi connectivity index (χ3v) is 4.38. The number of para-hydroxylation sites is 1. The third kappa shape index (κ3) is 6.13. The number of hydrogen-bond donors (Lipinski definition) is 1. The van der Waals surface area contributed by atoms with Gasteiger partial charge in [0.2, 0.25) is 5.91 Å². The summed E-state index contributed by atoms with van der Waals surface area (Å²) in [5, 5.41) is 2.86. The van der Waals surface area contributed by atoms with Gasteiger partial charge in [0.05, 0.1) is 12.2 Å². The van der Waals surface area contributed by atoms with E-state index >= 15 is 0 Å². The van der Waals surface area contributed by atoms with Crippen LogP contribution in [0.1, 0.15) is 41.3 Å². The number of carbonyl (C=O) groups is 2. The van der Waals surface area contributed by atoms with Gasteiger partial charge < -0.3 is 15.0 Å². The summed E-state index contributed by atoms with van der Waals surface area (Å²) in [7, 11) is 1.81. The summed E-state index contributed by atoms with van der Waals surface area (Å²) in [4.78, 5) is 26.3. The fourth-order valence-electron chi connectivity index (χ4n) is 2.79. The molecule has 0 atom stereocenters. The van der Waals surface area contributed by atoms with Gasteiger partial charge in [0.1, 0.15) is 5.75 Å². The molecule has 0 heterocycles. The molecular weight excluding hydrogens is 340 g/mol. The topological polar surface area (TPSA) is 58.6 Å². The monoisotopic (exact) mass is 368 g/mol. The van der Waals surface area contributed by atoms with Gasteiger partial charge in [-0.25, -0.2) is 0 Å². The third-order valence-electron chi connectivity index (χ3n) is 4.38. The predicted molar refractivity (Wildman–Crippen MR) is 107 cm³/mol. The highest BCUT2D eigenvalue weighted by Gasteiger charge is 2.13. The van der Waals surface area contributed by atoms with Crippen molar-refractivity contribution in [2.45, 2.75) is 33.2 Å². The Labute approximate surface area is 161 Å². The molecule has 2 amide bonds. The quantitative estimate of drug-likeness (QED) is 0.689. The van der Waals surface area contributed by atoms with Gasteiger partial charge in [0, 0.05) is 26.6 Å². The number of ether oxygens (including phenoxy) is 1. The number of nitrogens with one attached hydrogen (secondary N) is 1. The average molecular weight is 368 g/mol. The maximum atomic E-state index is 12.3. The Morgan fingerprint density at radius 2 is 1.78 bits per heavy atom. The van der Waals surface area contributed by atoms with Crippen LogP contribution in [0.25, 0.3) is 0 Å². The van der Waals surface area contributed by atoms with E-state index in [4.69, 9.17) is 4.74 Å². The lowest BCUT2D eigenvalue weighted by molar-refractivity contribution is -0.130. The van der Waals surface area contributed by atoms with Crippen molar-refractivity contribution in [3.8, 4) is 5.75 Å². The Kier molecular flexibility index (Phi) is 7.86. The van der Waals surface area contributed by atoms with Crippen LogP contribution in [-0.2, 0) is 11.3 Å². The first-order chi connectivity index (χ1) is 13.0. The summed E-state index contributed by atoms with van der Waals surface area (Å²) in [6.07, 6.45) is 0.995. The van der Waals surface area contributed by atoms with E-state index in [1.165, 1.54) is 5.56 Å². The fourth-order valence-corrected chi connectivity index (χ4v) is 2.79. The predicted octanol–water partition coefficient (Wildman–Crippen LogP) is 3.56. The van der Waals surface area contributed by atoms with Crippen molar-refractivity contribution in [3.63, 3.8) is 0 Å². The standard InChI is InChI=1S/C22H28N2O3/c1-4-27-20-13-8-7-12-19(20)22(26)23-15-9-14-21(25)24(3)16-18-11-6-5-10-17(18)2/h5-8,10-13H,4,9,14-16H2,1-3H3,(H,23,26). The van der Waals surface area contributed by atoms with E-state index < -0.39 is 0 Å². The van der Waals surface area contributed by atoms with E-state index in [0.717, 1.165) is 5.56 Å². The second-order valence-corrected chi connectivity index (χ2v) is 6.46. The van der Waals surface area contributed by atoms with Crippen molar-refractivity contribution in [3.05, 3.63) is 65.2 Å². The Morgan fingerprint density at radius 3 is 2.52 bits per heavy atom. The highest BCUT2D eigenvalue weighted by atomic mass is 16.5. The number of hydrogen-bond acceptors (Lipinski definition) is 3. The fraction of sp³-hybridized carbons (Fsp3) is 0.364. The van der Waals surface area contributed by atoms with Crippen LogP contribution in [0, 0.1) is 6.92 Å². The first-order valence-electron chi connectivity index (χ1n) is 9.31. The largest absolute Gasteiger partial charge is 0.493 e. The lowest BCUT2D eigenvalue weighted by Gasteiger charge is -2.18. The second kappa shape index (κ2) is 10.4. The molecule has 0 saturated carbocycles. The molecule has 0 unspecified atom stereocenters. The molecule has 2 rings (SSSR count). The van der Waals surface area contributed by atoms with Crippen LogP contribution in [0.3, 0.4) is 0 Å². The molecule has 1 N–H and O–H groups in total. The number of nitrogens with zero attached hydrogens (tertiary/aromatic N) is 1. The Hall–Kier alpha value is -2.82. The minimum atomic E-state index is -0.181. The van der Waals surface area contributed by atoms with Crippen molar-refractivity contribution in [1.82, 2.24) is 10.2 Å². The van der Waals surface area contributed by atoms with E-state index in [-0.39, 0.29) is 11.8 Å². The summed E-state index contributed by atoms with van der Waals surface area (Å²) < 4.78 is 5.48. The summed E-state index contributed by atoms with van der Waals surface area (Å²) in [5.74, 6) is 0.466. The van der Waals surface area contributed by atoms with Gasteiger partial charge in [0.25, 0.3) is 5.91 Å². The summed E-state index contributed by atoms with van der Waals surface area (Å²) in [6.45, 7) is 5.48. The maximum absolute atomic E-state index is 12.3. The van der Waals surface area contributed by atoms with Gasteiger partial charge in [-0.15, -0.1) is 0 Å². The van der Waals surface area contributed by atoms with Crippen LogP contribution in [0.5, 0.6) is 5.75 Å². The molecule has 27 heavy (non-hydrogen) atoms. The number of amides is 2. The van der Waals surface area contributed by atoms with Gasteiger partial charge in [-0.1, -0.05) is 36.4 Å². The average Bonchev–Trinajstić information content (AvgIpc) is 2.67. The molecule has 2 aromatic rings. The van der Waals surface area contributed by atoms with E-state index in [9.17, 15) is 9.59 Å². The van der Waals surface area contributed by atoms with Gasteiger partial charge in [-0.3, -0.25) is 9.59 Å². The van der Waals surface area contributed by atoms with Crippen LogP contribution in [0.2, 0.25) is 0 Å². The lowest BCUT2D eigenvalue weighted by atomic mass is 10.1. The van der Waals surface area contributed by atoms with Crippen molar-refractivity contribution in [2.75, 3.05) is 20.2 Å². The molecule has 0 aliphatic rings. The van der Waals surface area contributed by atoms with Crippen molar-refractivity contribution < 1.29 is 14.3 Å². The Morgan fingerprint density at radius 1 is 1.07 bits per heavy atom. The number of benzene rings is 2. The zero-order chi connectivity index (χ0) is 19.6. The van der Waals surface area contributed by atoms with Gasteiger partial charge >= 0.3 is 0 Å². The minimum absolute atomic E-state index is 0.0715. The first-order valence-corrected chi connectivity index (χ1v) is 9.31. The minimum Gasteiger partial charge on any atom is -0.493 e. The van der Waals surface area contributed by atoms with Crippen LogP contribution in [-0.4, -0.2) is 36.9 Å². The molecule has 0 aromatic heterocycles. The molecule has 0 bridgehead atoms. The Balaban J connectivity index is 1.77. The van der Waals surface area contributed by atoms with Crippen LogP contribution < -0.4 is 10.1 Å². The Bertz CT molecular complexity index is 774. The molecule has 144 valence electrons. The van der Waals surface area contributed by atoms with E-state index in [1.54, 1.807) is 17.0 Å². The maximum Gasteiger partial charge on any atom is 0.255 e. The second-order valence-electron chi connectivity index (χ2n) is 6.46. The molecule has 0 radical (unpaired) electrons. The van der Waals surface area contributed by atoms with Gasteiger partial charge in [0.15, 0.2) is 0 Å². The molecule has 2 aromatic carbocycles. The van der Waals surface area contributed by atoms with Gasteiger partial charge in [-0.05, 0) is 43.5 Å². The number of carbonyl (C=O) groups excluding carboxylic acids is 2. The highest BCUT2D eigenvalue weighted by molar-refractivity contribution is 5.96. The molecule has 0 saturated heterocycles. The van der Waals surface area contributed by atoms with E-state index in [0.29, 0.717) is 43.9 Å². The van der Waals surface area contributed by atoms with Crippen molar-refractivity contribution in [1.29, 1.82) is 0 Å². The zero-order valence-corrected chi connectivity index (χ0v) is 16.3. The van der Waals surface area contributed by atoms with E-state index in [2.05, 4.69) is 5.32 Å². The lowest BCUT2D eigenvalue weighted by Crippen LogP contribution is -2.29. The van der Waals surface area contributed by atoms with Gasteiger partial charge in [-0.2, -0.15) is 0 Å². The molecule has 0 fully saturated rings. The van der Waals surface area contributed by atoms with Crippen LogP contribution >= 0.6 is 0 Å². The molecule has 0 spiro atoms. The number of rotatable bonds is 9. The smallest absolute Gasteiger partial charge is 0.255 e. The van der Waals surface area contributed by atoms with E-state index in [1.807, 2.05) is 57.3 Å². The van der Waals surface area contributed by atoms with Crippen LogP contribution in [0.15, 0.2) is 48.5 Å². The summed E-state index contributed by atoms with van der Waals surface area (Å²) in [5.41, 5.74) is 2.84. The summed E-state index contributed by atoms with van der Waals surface area (Å²) >= 11 is 0.